The summed E-state index contributed by atoms with van der Waals surface area (Å²) in [6.45, 7) is 3.68. The maximum absolute atomic E-state index is 14.1. The van der Waals surface area contributed by atoms with Gasteiger partial charge in [0.1, 0.15) is 11.9 Å². The smallest absolute Gasteiger partial charge is 0.317 e. The molecule has 1 saturated heterocycles. The molecule has 0 saturated carbocycles. The molecule has 2 rings (SSSR count). The van der Waals surface area contributed by atoms with Crippen molar-refractivity contribution in [3.05, 3.63) is 35.6 Å². The van der Waals surface area contributed by atoms with Gasteiger partial charge in [0, 0.05) is 31.2 Å². The lowest BCUT2D eigenvalue weighted by molar-refractivity contribution is -0.126. The Morgan fingerprint density at radius 2 is 1.92 bits per heavy atom. The number of amides is 3. The summed E-state index contributed by atoms with van der Waals surface area (Å²) in [5.41, 5.74) is 0.366. The fourth-order valence-electron chi connectivity index (χ4n) is 3.12. The number of carbonyl (C=O) groups excluding carboxylic acids is 2. The second-order valence-electron chi connectivity index (χ2n) is 6.49. The Kier molecular flexibility index (Phi) is 6.75. The van der Waals surface area contributed by atoms with Gasteiger partial charge >= 0.3 is 6.03 Å². The van der Waals surface area contributed by atoms with Crippen LogP contribution in [-0.2, 0) is 4.79 Å². The Balaban J connectivity index is 1.97. The van der Waals surface area contributed by atoms with Crippen molar-refractivity contribution in [3.63, 3.8) is 0 Å². The minimum atomic E-state index is -0.678. The molecule has 1 fully saturated rings. The van der Waals surface area contributed by atoms with Crippen LogP contribution in [0.15, 0.2) is 24.3 Å². The van der Waals surface area contributed by atoms with Crippen molar-refractivity contribution in [2.45, 2.75) is 31.8 Å². The average Bonchev–Trinajstić information content (AvgIpc) is 2.57. The van der Waals surface area contributed by atoms with Crippen LogP contribution in [0, 0.1) is 5.82 Å². The average molecular weight is 350 g/mol. The molecule has 1 heterocycles. The minimum Gasteiger partial charge on any atom is -0.352 e. The van der Waals surface area contributed by atoms with Crippen LogP contribution < -0.4 is 10.6 Å². The largest absolute Gasteiger partial charge is 0.352 e. The van der Waals surface area contributed by atoms with E-state index < -0.39 is 6.04 Å². The van der Waals surface area contributed by atoms with Gasteiger partial charge in [-0.1, -0.05) is 18.2 Å². The zero-order valence-electron chi connectivity index (χ0n) is 15.1. The first-order chi connectivity index (χ1) is 11.9. The number of nitrogens with one attached hydrogen (secondary N) is 2. The van der Waals surface area contributed by atoms with Crippen LogP contribution in [0.25, 0.3) is 0 Å². The molecule has 0 aliphatic carbocycles. The normalized spacial score (nSPS) is 16.6. The number of urea groups is 1. The Hall–Kier alpha value is -2.15. The molecular formula is C18H27FN4O2. The fourth-order valence-corrected chi connectivity index (χ4v) is 3.12. The Morgan fingerprint density at radius 3 is 2.48 bits per heavy atom. The second kappa shape index (κ2) is 8.80. The lowest BCUT2D eigenvalue weighted by atomic mass is 10.0. The Bertz CT molecular complexity index is 600. The molecule has 1 atom stereocenters. The summed E-state index contributed by atoms with van der Waals surface area (Å²) in [7, 11) is 3.52. The van der Waals surface area contributed by atoms with Gasteiger partial charge in [-0.2, -0.15) is 0 Å². The number of piperidine rings is 1. The number of rotatable bonds is 5. The quantitative estimate of drug-likeness (QED) is 0.850. The van der Waals surface area contributed by atoms with E-state index in [4.69, 9.17) is 0 Å². The number of nitrogens with zero attached hydrogens (tertiary/aromatic N) is 2. The summed E-state index contributed by atoms with van der Waals surface area (Å²) in [6, 6.07) is 5.59. The Morgan fingerprint density at radius 1 is 1.28 bits per heavy atom. The van der Waals surface area contributed by atoms with E-state index in [2.05, 4.69) is 10.6 Å². The highest BCUT2D eigenvalue weighted by Gasteiger charge is 2.29. The summed E-state index contributed by atoms with van der Waals surface area (Å²) in [5.74, 6) is -0.603. The second-order valence-corrected chi connectivity index (χ2v) is 6.49. The molecule has 0 aromatic heterocycles. The number of benzene rings is 1. The first-order valence-corrected chi connectivity index (χ1v) is 8.68. The van der Waals surface area contributed by atoms with Crippen molar-refractivity contribution < 1.29 is 14.0 Å². The van der Waals surface area contributed by atoms with Gasteiger partial charge in [-0.3, -0.25) is 9.69 Å². The van der Waals surface area contributed by atoms with Crippen molar-refractivity contribution in [2.75, 3.05) is 33.7 Å². The first-order valence-electron chi connectivity index (χ1n) is 8.68. The minimum absolute atomic E-state index is 0.00704. The van der Waals surface area contributed by atoms with E-state index in [1.165, 1.54) is 6.07 Å². The van der Waals surface area contributed by atoms with Crippen molar-refractivity contribution >= 4 is 11.9 Å². The van der Waals surface area contributed by atoms with Crippen LogP contribution in [0.2, 0.25) is 0 Å². The van der Waals surface area contributed by atoms with Crippen LogP contribution in [0.5, 0.6) is 0 Å². The van der Waals surface area contributed by atoms with Crippen LogP contribution in [0.4, 0.5) is 9.18 Å². The molecule has 1 aliphatic rings. The molecule has 7 heteroatoms. The van der Waals surface area contributed by atoms with E-state index >= 15 is 0 Å². The molecule has 1 aromatic rings. The molecule has 0 radical (unpaired) electrons. The first kappa shape index (κ1) is 19.2. The third kappa shape index (κ3) is 4.92. The van der Waals surface area contributed by atoms with Crippen molar-refractivity contribution in [3.8, 4) is 0 Å². The standard InChI is InChI=1S/C18H27FN4O2/c1-4-20-18(25)23-11-9-13(10-12-23)21-17(24)16(22(2)3)14-7-5-6-8-15(14)19/h5-8,13,16H,4,9-12H2,1-3H3,(H,20,25)(H,21,24). The van der Waals surface area contributed by atoms with Crippen molar-refractivity contribution in [1.82, 2.24) is 20.4 Å². The van der Waals surface area contributed by atoms with Gasteiger partial charge in [0.15, 0.2) is 0 Å². The zero-order chi connectivity index (χ0) is 18.4. The molecule has 0 bridgehead atoms. The van der Waals surface area contributed by atoms with Crippen LogP contribution in [0.3, 0.4) is 0 Å². The number of likely N-dealkylation sites (tertiary alicyclic amines) is 1. The molecule has 25 heavy (non-hydrogen) atoms. The summed E-state index contributed by atoms with van der Waals surface area (Å²) >= 11 is 0. The highest BCUT2D eigenvalue weighted by Crippen LogP contribution is 2.22. The van der Waals surface area contributed by atoms with Gasteiger partial charge < -0.3 is 15.5 Å². The Labute approximate surface area is 148 Å². The number of halogens is 1. The van der Waals surface area contributed by atoms with E-state index in [1.54, 1.807) is 42.1 Å². The lowest BCUT2D eigenvalue weighted by Gasteiger charge is -2.34. The summed E-state index contributed by atoms with van der Waals surface area (Å²) in [6.07, 6.45) is 1.39. The van der Waals surface area contributed by atoms with Gasteiger partial charge in [0.05, 0.1) is 0 Å². The number of hydrogen-bond donors (Lipinski definition) is 2. The molecule has 1 aromatic carbocycles. The molecule has 138 valence electrons. The van der Waals surface area contributed by atoms with E-state index in [1.807, 2.05) is 6.92 Å². The number of likely N-dealkylation sites (N-methyl/N-ethyl adjacent to an activating group) is 1. The molecule has 1 unspecified atom stereocenters. The number of hydrogen-bond acceptors (Lipinski definition) is 3. The maximum Gasteiger partial charge on any atom is 0.317 e. The van der Waals surface area contributed by atoms with Gasteiger partial charge in [-0.15, -0.1) is 0 Å². The van der Waals surface area contributed by atoms with Crippen molar-refractivity contribution in [2.24, 2.45) is 0 Å². The van der Waals surface area contributed by atoms with Crippen molar-refractivity contribution in [1.29, 1.82) is 0 Å². The maximum atomic E-state index is 14.1. The zero-order valence-corrected chi connectivity index (χ0v) is 15.1. The lowest BCUT2D eigenvalue weighted by Crippen LogP contribution is -2.51. The predicted molar refractivity (Wildman–Crippen MR) is 94.6 cm³/mol. The van der Waals surface area contributed by atoms with E-state index in [-0.39, 0.29) is 23.8 Å². The molecule has 3 amide bonds. The molecule has 2 N–H and O–H groups in total. The van der Waals surface area contributed by atoms with Crippen LogP contribution in [-0.4, -0.2) is 61.5 Å². The topological polar surface area (TPSA) is 64.7 Å². The van der Waals surface area contributed by atoms with Gasteiger partial charge in [-0.25, -0.2) is 9.18 Å². The van der Waals surface area contributed by atoms with Gasteiger partial charge in [0.2, 0.25) is 5.91 Å². The highest BCUT2D eigenvalue weighted by molar-refractivity contribution is 5.83. The van der Waals surface area contributed by atoms with E-state index in [9.17, 15) is 14.0 Å². The monoisotopic (exact) mass is 350 g/mol. The van der Waals surface area contributed by atoms with Gasteiger partial charge in [0.25, 0.3) is 0 Å². The van der Waals surface area contributed by atoms with Gasteiger partial charge in [-0.05, 0) is 39.9 Å². The third-order valence-electron chi connectivity index (χ3n) is 4.42. The summed E-state index contributed by atoms with van der Waals surface area (Å²) in [5, 5.41) is 5.79. The molecule has 6 nitrogen and oxygen atoms in total. The molecule has 0 spiro atoms. The van der Waals surface area contributed by atoms with E-state index in [0.717, 1.165) is 0 Å². The third-order valence-corrected chi connectivity index (χ3v) is 4.42. The van der Waals surface area contributed by atoms with Crippen LogP contribution in [0.1, 0.15) is 31.4 Å². The predicted octanol–water partition coefficient (Wildman–Crippen LogP) is 1.74. The molecular weight excluding hydrogens is 323 g/mol. The summed E-state index contributed by atoms with van der Waals surface area (Å²) < 4.78 is 14.1. The van der Waals surface area contributed by atoms with E-state index in [0.29, 0.717) is 38.0 Å². The highest BCUT2D eigenvalue weighted by atomic mass is 19.1. The SMILES string of the molecule is CCNC(=O)N1CCC(NC(=O)C(c2ccccc2F)N(C)C)CC1. The summed E-state index contributed by atoms with van der Waals surface area (Å²) in [4.78, 5) is 28.0. The fraction of sp³-hybridized carbons (Fsp3) is 0.556. The number of carbonyl (C=O) groups is 2. The molecule has 1 aliphatic heterocycles. The van der Waals surface area contributed by atoms with Crippen LogP contribution >= 0.6 is 0 Å².